The number of benzene rings is 2. The van der Waals surface area contributed by atoms with Gasteiger partial charge in [0.15, 0.2) is 5.82 Å². The number of fused-ring (bicyclic) bond motifs is 1. The van der Waals surface area contributed by atoms with Gasteiger partial charge in [-0.1, -0.05) is 15.9 Å². The summed E-state index contributed by atoms with van der Waals surface area (Å²) in [6.07, 6.45) is 0. The minimum atomic E-state index is -0.406. The molecule has 0 atom stereocenters. The van der Waals surface area contributed by atoms with Gasteiger partial charge in [0, 0.05) is 9.86 Å². The summed E-state index contributed by atoms with van der Waals surface area (Å²) in [4.78, 5) is 8.56. The van der Waals surface area contributed by atoms with Crippen LogP contribution in [0.2, 0.25) is 0 Å². The quantitative estimate of drug-likeness (QED) is 0.766. The second-order valence-electron chi connectivity index (χ2n) is 4.44. The Hall–Kier alpha value is -2.21. The molecule has 1 aromatic heterocycles. The van der Waals surface area contributed by atoms with E-state index >= 15 is 0 Å². The van der Waals surface area contributed by atoms with E-state index in [9.17, 15) is 4.39 Å². The Labute approximate surface area is 128 Å². The molecule has 0 bridgehead atoms. The van der Waals surface area contributed by atoms with Crippen LogP contribution in [-0.2, 0) is 0 Å². The summed E-state index contributed by atoms with van der Waals surface area (Å²) in [5.74, 6) is 0.809. The molecule has 4 nitrogen and oxygen atoms in total. The van der Waals surface area contributed by atoms with Crippen molar-refractivity contribution in [2.75, 3.05) is 12.8 Å². The second-order valence-corrected chi connectivity index (χ2v) is 5.36. The number of hydrogen-bond donors (Lipinski definition) is 1. The molecule has 0 fully saturated rings. The van der Waals surface area contributed by atoms with Crippen LogP contribution >= 0.6 is 15.9 Å². The Morgan fingerprint density at radius 3 is 2.67 bits per heavy atom. The molecule has 6 heteroatoms. The zero-order chi connectivity index (χ0) is 15.0. The molecule has 0 aliphatic heterocycles. The van der Waals surface area contributed by atoms with Gasteiger partial charge in [0.25, 0.3) is 0 Å². The fraction of sp³-hybridized carbons (Fsp3) is 0.0667. The fourth-order valence-corrected chi connectivity index (χ4v) is 2.38. The first-order chi connectivity index (χ1) is 10.1. The fourth-order valence-electron chi connectivity index (χ4n) is 2.05. The molecule has 0 saturated heterocycles. The maximum Gasteiger partial charge on any atom is 0.165 e. The van der Waals surface area contributed by atoms with E-state index in [4.69, 9.17) is 10.5 Å². The van der Waals surface area contributed by atoms with Crippen molar-refractivity contribution in [3.63, 3.8) is 0 Å². The van der Waals surface area contributed by atoms with Crippen LogP contribution < -0.4 is 10.5 Å². The molecule has 0 unspecified atom stereocenters. The van der Waals surface area contributed by atoms with Crippen LogP contribution in [0, 0.1) is 5.82 Å². The zero-order valence-electron chi connectivity index (χ0n) is 11.1. The largest absolute Gasteiger partial charge is 0.497 e. The number of nitrogen functional groups attached to an aromatic ring is 1. The number of aromatic nitrogens is 2. The van der Waals surface area contributed by atoms with E-state index in [2.05, 4.69) is 25.9 Å². The number of methoxy groups -OCH3 is 1. The second kappa shape index (κ2) is 5.29. The summed E-state index contributed by atoms with van der Waals surface area (Å²) in [5.41, 5.74) is 6.91. The third-order valence-corrected chi connectivity index (χ3v) is 3.60. The molecule has 0 saturated carbocycles. The van der Waals surface area contributed by atoms with Crippen molar-refractivity contribution >= 4 is 32.7 Å². The highest BCUT2D eigenvalue weighted by Crippen LogP contribution is 2.28. The highest BCUT2D eigenvalue weighted by molar-refractivity contribution is 9.10. The molecular formula is C15H11BrFN3O. The molecule has 3 rings (SSSR count). The monoisotopic (exact) mass is 347 g/mol. The molecule has 0 aliphatic carbocycles. The molecule has 2 aromatic carbocycles. The lowest BCUT2D eigenvalue weighted by Gasteiger charge is -2.08. The number of hydrogen-bond acceptors (Lipinski definition) is 4. The molecule has 0 aliphatic rings. The van der Waals surface area contributed by atoms with Crippen molar-refractivity contribution in [3.05, 3.63) is 46.7 Å². The van der Waals surface area contributed by atoms with Crippen LogP contribution in [-0.4, -0.2) is 17.1 Å². The number of ether oxygens (including phenoxy) is 1. The third-order valence-electron chi connectivity index (χ3n) is 3.10. The summed E-state index contributed by atoms with van der Waals surface area (Å²) < 4.78 is 19.8. The minimum absolute atomic E-state index is 0.259. The molecule has 21 heavy (non-hydrogen) atoms. The van der Waals surface area contributed by atoms with Gasteiger partial charge in [-0.3, -0.25) is 0 Å². The number of halogens is 2. The predicted molar refractivity (Wildman–Crippen MR) is 83.6 cm³/mol. The minimum Gasteiger partial charge on any atom is -0.497 e. The molecule has 0 radical (unpaired) electrons. The van der Waals surface area contributed by atoms with E-state index < -0.39 is 5.82 Å². The van der Waals surface area contributed by atoms with Crippen LogP contribution in [0.15, 0.2) is 40.9 Å². The van der Waals surface area contributed by atoms with Gasteiger partial charge in [0.1, 0.15) is 17.4 Å². The van der Waals surface area contributed by atoms with Crippen molar-refractivity contribution in [3.8, 4) is 17.1 Å². The van der Waals surface area contributed by atoms with E-state index in [1.807, 2.05) is 0 Å². The molecule has 0 spiro atoms. The van der Waals surface area contributed by atoms with Crippen LogP contribution in [0.4, 0.5) is 10.2 Å². The topological polar surface area (TPSA) is 61.0 Å². The van der Waals surface area contributed by atoms with Crippen LogP contribution in [0.3, 0.4) is 0 Å². The van der Waals surface area contributed by atoms with Gasteiger partial charge in [0.2, 0.25) is 0 Å². The lowest BCUT2D eigenvalue weighted by Crippen LogP contribution is -1.99. The van der Waals surface area contributed by atoms with Gasteiger partial charge in [-0.25, -0.2) is 14.4 Å². The Kier molecular flexibility index (Phi) is 3.47. The van der Waals surface area contributed by atoms with Crippen molar-refractivity contribution in [2.24, 2.45) is 0 Å². The Morgan fingerprint density at radius 1 is 1.14 bits per heavy atom. The van der Waals surface area contributed by atoms with Gasteiger partial charge in [-0.2, -0.15) is 0 Å². The number of rotatable bonds is 2. The molecule has 3 aromatic rings. The average Bonchev–Trinajstić information content (AvgIpc) is 2.47. The Bertz CT molecular complexity index is 839. The van der Waals surface area contributed by atoms with Crippen molar-refractivity contribution in [1.29, 1.82) is 0 Å². The highest BCUT2D eigenvalue weighted by Gasteiger charge is 2.12. The van der Waals surface area contributed by atoms with E-state index in [-0.39, 0.29) is 11.6 Å². The van der Waals surface area contributed by atoms with Crippen molar-refractivity contribution in [1.82, 2.24) is 9.97 Å². The SMILES string of the molecule is COc1ccc2nc(-c3ccc(Br)cc3F)nc(N)c2c1. The maximum absolute atomic E-state index is 14.0. The van der Waals surface area contributed by atoms with E-state index in [0.717, 1.165) is 0 Å². The van der Waals surface area contributed by atoms with Crippen LogP contribution in [0.1, 0.15) is 0 Å². The number of anilines is 1. The summed E-state index contributed by atoms with van der Waals surface area (Å²) in [6, 6.07) is 10.0. The van der Waals surface area contributed by atoms with Crippen LogP contribution in [0.25, 0.3) is 22.3 Å². The van der Waals surface area contributed by atoms with Gasteiger partial charge >= 0.3 is 0 Å². The smallest absolute Gasteiger partial charge is 0.165 e. The first-order valence-electron chi connectivity index (χ1n) is 6.15. The zero-order valence-corrected chi connectivity index (χ0v) is 12.7. The first kappa shape index (κ1) is 13.8. The molecule has 1 heterocycles. The summed E-state index contributed by atoms with van der Waals surface area (Å²) >= 11 is 3.22. The van der Waals surface area contributed by atoms with E-state index in [0.29, 0.717) is 26.7 Å². The molecule has 106 valence electrons. The van der Waals surface area contributed by atoms with E-state index in [1.165, 1.54) is 6.07 Å². The number of nitrogens with two attached hydrogens (primary N) is 1. The summed E-state index contributed by atoms with van der Waals surface area (Å²) in [5, 5.41) is 0.676. The van der Waals surface area contributed by atoms with Crippen LogP contribution in [0.5, 0.6) is 5.75 Å². The van der Waals surface area contributed by atoms with E-state index in [1.54, 1.807) is 37.4 Å². The average molecular weight is 348 g/mol. The predicted octanol–water partition coefficient (Wildman–Crippen LogP) is 3.79. The lowest BCUT2D eigenvalue weighted by molar-refractivity contribution is 0.415. The first-order valence-corrected chi connectivity index (χ1v) is 6.94. The van der Waals surface area contributed by atoms with Gasteiger partial charge in [0.05, 0.1) is 18.2 Å². The Morgan fingerprint density at radius 2 is 1.95 bits per heavy atom. The molecule has 2 N–H and O–H groups in total. The summed E-state index contributed by atoms with van der Waals surface area (Å²) in [6.45, 7) is 0. The van der Waals surface area contributed by atoms with Gasteiger partial charge in [-0.15, -0.1) is 0 Å². The number of nitrogens with zero attached hydrogens (tertiary/aromatic N) is 2. The maximum atomic E-state index is 14.0. The normalized spacial score (nSPS) is 10.8. The molecular weight excluding hydrogens is 337 g/mol. The van der Waals surface area contributed by atoms with Gasteiger partial charge in [-0.05, 0) is 36.4 Å². The standard InChI is InChI=1S/C15H11BrFN3O/c1-21-9-3-5-13-11(7-9)14(18)20-15(19-13)10-4-2-8(16)6-12(10)17/h2-7H,1H3,(H2,18,19,20). The van der Waals surface area contributed by atoms with Gasteiger partial charge < -0.3 is 10.5 Å². The molecule has 0 amide bonds. The third kappa shape index (κ3) is 2.54. The Balaban J connectivity index is 2.20. The van der Waals surface area contributed by atoms with Crippen molar-refractivity contribution in [2.45, 2.75) is 0 Å². The van der Waals surface area contributed by atoms with Crippen molar-refractivity contribution < 1.29 is 9.13 Å². The lowest BCUT2D eigenvalue weighted by atomic mass is 10.1. The highest BCUT2D eigenvalue weighted by atomic mass is 79.9. The summed E-state index contributed by atoms with van der Waals surface area (Å²) in [7, 11) is 1.57.